The zero-order valence-electron chi connectivity index (χ0n) is 17.3. The Labute approximate surface area is 171 Å². The van der Waals surface area contributed by atoms with Crippen LogP contribution in [0.1, 0.15) is 45.6 Å². The van der Waals surface area contributed by atoms with E-state index in [2.05, 4.69) is 15.4 Å². The number of carbonyl (C=O) groups is 2. The number of hydrogen-bond donors (Lipinski definition) is 1. The molecule has 2 aromatic heterocycles. The van der Waals surface area contributed by atoms with Gasteiger partial charge in [-0.3, -0.25) is 19.4 Å². The number of amides is 2. The van der Waals surface area contributed by atoms with Crippen LogP contribution < -0.4 is 5.32 Å². The number of piperidine rings is 1. The molecule has 1 fully saturated rings. The van der Waals surface area contributed by atoms with Crippen LogP contribution in [0, 0.1) is 0 Å². The van der Waals surface area contributed by atoms with Crippen molar-refractivity contribution in [3.8, 4) is 0 Å². The van der Waals surface area contributed by atoms with Crippen molar-refractivity contribution < 1.29 is 14.3 Å². The zero-order valence-corrected chi connectivity index (χ0v) is 17.3. The monoisotopic (exact) mass is 399 g/mol. The van der Waals surface area contributed by atoms with Gasteiger partial charge in [0, 0.05) is 37.7 Å². The standard InChI is InChI=1S/C21H29N5O3/c1-21(2,3)29-20(28)26-13-5-4-6-17(26)19(27)23-18-10-15-25(24-18)14-9-16-7-11-22-12-8-16/h7-8,10-12,15,17H,4-6,9,13-14H2,1-3H3,(H,23,24,27)/t17-/m1/s1. The fraction of sp³-hybridized carbons (Fsp3) is 0.524. The molecular formula is C21H29N5O3. The van der Waals surface area contributed by atoms with Crippen LogP contribution in [-0.2, 0) is 22.5 Å². The number of carbonyl (C=O) groups excluding carboxylic acids is 2. The summed E-state index contributed by atoms with van der Waals surface area (Å²) in [6, 6.07) is 5.17. The minimum Gasteiger partial charge on any atom is -0.444 e. The molecule has 0 unspecified atom stereocenters. The molecule has 1 atom stereocenters. The molecule has 156 valence electrons. The Morgan fingerprint density at radius 2 is 1.97 bits per heavy atom. The summed E-state index contributed by atoms with van der Waals surface area (Å²) in [4.78, 5) is 30.9. The molecule has 2 amide bonds. The Balaban J connectivity index is 1.58. The highest BCUT2D eigenvalue weighted by Crippen LogP contribution is 2.21. The first-order valence-electron chi connectivity index (χ1n) is 10.0. The van der Waals surface area contributed by atoms with Gasteiger partial charge in [0.25, 0.3) is 0 Å². The van der Waals surface area contributed by atoms with E-state index < -0.39 is 17.7 Å². The molecule has 0 bridgehead atoms. The molecule has 1 aliphatic rings. The van der Waals surface area contributed by atoms with E-state index in [0.29, 0.717) is 25.3 Å². The molecule has 3 heterocycles. The first-order chi connectivity index (χ1) is 13.8. The predicted octanol–water partition coefficient (Wildman–Crippen LogP) is 3.25. The molecule has 1 saturated heterocycles. The lowest BCUT2D eigenvalue weighted by Crippen LogP contribution is -2.51. The van der Waals surface area contributed by atoms with Crippen molar-refractivity contribution in [3.05, 3.63) is 42.4 Å². The van der Waals surface area contributed by atoms with Gasteiger partial charge in [-0.1, -0.05) is 0 Å². The second-order valence-corrected chi connectivity index (χ2v) is 8.24. The third kappa shape index (κ3) is 6.04. The van der Waals surface area contributed by atoms with Gasteiger partial charge in [-0.25, -0.2) is 4.79 Å². The maximum absolute atomic E-state index is 12.8. The summed E-state index contributed by atoms with van der Waals surface area (Å²) in [6.45, 7) is 6.69. The molecular weight excluding hydrogens is 370 g/mol. The van der Waals surface area contributed by atoms with Crippen LogP contribution in [0.3, 0.4) is 0 Å². The van der Waals surface area contributed by atoms with Gasteiger partial charge in [0.1, 0.15) is 11.6 Å². The number of rotatable bonds is 5. The van der Waals surface area contributed by atoms with E-state index in [4.69, 9.17) is 4.74 Å². The van der Waals surface area contributed by atoms with Gasteiger partial charge in [-0.2, -0.15) is 5.10 Å². The maximum atomic E-state index is 12.8. The largest absolute Gasteiger partial charge is 0.444 e. The molecule has 3 rings (SSSR count). The van der Waals surface area contributed by atoms with Gasteiger partial charge in [0.15, 0.2) is 5.82 Å². The van der Waals surface area contributed by atoms with Gasteiger partial charge >= 0.3 is 6.09 Å². The number of aromatic nitrogens is 3. The smallest absolute Gasteiger partial charge is 0.410 e. The molecule has 1 N–H and O–H groups in total. The normalized spacial score (nSPS) is 17.1. The minimum absolute atomic E-state index is 0.227. The summed E-state index contributed by atoms with van der Waals surface area (Å²) in [6.07, 6.45) is 8.14. The van der Waals surface area contributed by atoms with E-state index >= 15 is 0 Å². The number of ether oxygens (including phenoxy) is 1. The van der Waals surface area contributed by atoms with Crippen LogP contribution in [0.25, 0.3) is 0 Å². The van der Waals surface area contributed by atoms with Crippen molar-refractivity contribution in [2.45, 2.75) is 64.6 Å². The van der Waals surface area contributed by atoms with Gasteiger partial charge in [-0.15, -0.1) is 0 Å². The third-order valence-corrected chi connectivity index (χ3v) is 4.70. The van der Waals surface area contributed by atoms with Crippen molar-refractivity contribution in [2.24, 2.45) is 0 Å². The number of hydrogen-bond acceptors (Lipinski definition) is 5. The summed E-state index contributed by atoms with van der Waals surface area (Å²) < 4.78 is 7.26. The van der Waals surface area contributed by atoms with Crippen molar-refractivity contribution in [2.75, 3.05) is 11.9 Å². The molecule has 0 radical (unpaired) electrons. The first kappa shape index (κ1) is 20.8. The second kappa shape index (κ2) is 9.07. The van der Waals surface area contributed by atoms with Crippen LogP contribution in [0.4, 0.5) is 10.6 Å². The third-order valence-electron chi connectivity index (χ3n) is 4.70. The molecule has 2 aromatic rings. The number of nitrogens with zero attached hydrogens (tertiary/aromatic N) is 4. The van der Waals surface area contributed by atoms with E-state index in [0.717, 1.165) is 19.3 Å². The van der Waals surface area contributed by atoms with E-state index in [1.807, 2.05) is 39.1 Å². The highest BCUT2D eigenvalue weighted by molar-refractivity contribution is 5.96. The first-order valence-corrected chi connectivity index (χ1v) is 10.0. The number of aryl methyl sites for hydroxylation is 2. The van der Waals surface area contributed by atoms with Crippen molar-refractivity contribution >= 4 is 17.8 Å². The summed E-state index contributed by atoms with van der Waals surface area (Å²) >= 11 is 0. The van der Waals surface area contributed by atoms with Gasteiger partial charge in [0.2, 0.25) is 5.91 Å². The van der Waals surface area contributed by atoms with E-state index in [1.54, 1.807) is 23.1 Å². The number of anilines is 1. The van der Waals surface area contributed by atoms with Gasteiger partial charge in [0.05, 0.1) is 0 Å². The van der Waals surface area contributed by atoms with E-state index in [-0.39, 0.29) is 5.91 Å². The predicted molar refractivity (Wildman–Crippen MR) is 109 cm³/mol. The van der Waals surface area contributed by atoms with Crippen LogP contribution in [0.15, 0.2) is 36.8 Å². The summed E-state index contributed by atoms with van der Waals surface area (Å²) in [5, 5.41) is 7.27. The molecule has 0 aliphatic carbocycles. The Morgan fingerprint density at radius 1 is 1.21 bits per heavy atom. The number of pyridine rings is 1. The second-order valence-electron chi connectivity index (χ2n) is 8.24. The fourth-order valence-electron chi connectivity index (χ4n) is 3.30. The van der Waals surface area contributed by atoms with Gasteiger partial charge in [-0.05, 0) is 64.2 Å². The van der Waals surface area contributed by atoms with Crippen LogP contribution in [-0.4, -0.2) is 49.9 Å². The molecule has 0 aromatic carbocycles. The SMILES string of the molecule is CC(C)(C)OC(=O)N1CCCC[C@@H]1C(=O)Nc1ccn(CCc2ccncc2)n1. The minimum atomic E-state index is -0.594. The Morgan fingerprint density at radius 3 is 2.69 bits per heavy atom. The molecule has 29 heavy (non-hydrogen) atoms. The van der Waals surface area contributed by atoms with Crippen molar-refractivity contribution in [1.29, 1.82) is 0 Å². The van der Waals surface area contributed by atoms with Crippen LogP contribution in [0.2, 0.25) is 0 Å². The highest BCUT2D eigenvalue weighted by atomic mass is 16.6. The summed E-state index contributed by atoms with van der Waals surface area (Å²) in [5.41, 5.74) is 0.583. The maximum Gasteiger partial charge on any atom is 0.410 e. The number of nitrogens with one attached hydrogen (secondary N) is 1. The quantitative estimate of drug-likeness (QED) is 0.834. The van der Waals surface area contributed by atoms with E-state index in [1.165, 1.54) is 10.5 Å². The number of likely N-dealkylation sites (tertiary alicyclic amines) is 1. The summed E-state index contributed by atoms with van der Waals surface area (Å²) in [7, 11) is 0. The van der Waals surface area contributed by atoms with Crippen molar-refractivity contribution in [1.82, 2.24) is 19.7 Å². The lowest BCUT2D eigenvalue weighted by molar-refractivity contribution is -0.122. The summed E-state index contributed by atoms with van der Waals surface area (Å²) in [5.74, 6) is 0.259. The molecule has 0 saturated carbocycles. The Kier molecular flexibility index (Phi) is 6.51. The highest BCUT2D eigenvalue weighted by Gasteiger charge is 2.35. The molecule has 8 nitrogen and oxygen atoms in total. The van der Waals surface area contributed by atoms with Gasteiger partial charge < -0.3 is 10.1 Å². The van der Waals surface area contributed by atoms with Crippen LogP contribution in [0.5, 0.6) is 0 Å². The topological polar surface area (TPSA) is 89.4 Å². The van der Waals surface area contributed by atoms with Crippen molar-refractivity contribution in [3.63, 3.8) is 0 Å². The van der Waals surface area contributed by atoms with E-state index in [9.17, 15) is 9.59 Å². The zero-order chi connectivity index (χ0) is 20.9. The average Bonchev–Trinajstić information content (AvgIpc) is 3.13. The van der Waals surface area contributed by atoms with Crippen LogP contribution >= 0.6 is 0 Å². The Hall–Kier alpha value is -2.90. The lowest BCUT2D eigenvalue weighted by atomic mass is 10.0. The lowest BCUT2D eigenvalue weighted by Gasteiger charge is -2.35. The molecule has 0 spiro atoms. The Bertz CT molecular complexity index is 828. The molecule has 1 aliphatic heterocycles. The fourth-order valence-corrected chi connectivity index (χ4v) is 3.30. The molecule has 8 heteroatoms. The average molecular weight is 399 g/mol.